The Bertz CT molecular complexity index is 336. The van der Waals surface area contributed by atoms with Gasteiger partial charge in [0.1, 0.15) is 0 Å². The van der Waals surface area contributed by atoms with E-state index < -0.39 is 0 Å². The predicted octanol–water partition coefficient (Wildman–Crippen LogP) is 1.23. The zero-order valence-electron chi connectivity index (χ0n) is 6.47. The van der Waals surface area contributed by atoms with E-state index in [1.807, 2.05) is 0 Å². The summed E-state index contributed by atoms with van der Waals surface area (Å²) >= 11 is 5.84. The minimum absolute atomic E-state index is 0.334. The smallest absolute Gasteiger partial charge is 0.0582 e. The molecule has 12 heavy (non-hydrogen) atoms. The summed E-state index contributed by atoms with van der Waals surface area (Å²) in [4.78, 5) is 0. The first kappa shape index (κ1) is 8.92. The molecule has 0 aromatic heterocycles. The molecule has 1 aromatic rings. The fourth-order valence-corrected chi connectivity index (χ4v) is 1.02. The van der Waals surface area contributed by atoms with Crippen molar-refractivity contribution < 1.29 is 0 Å². The van der Waals surface area contributed by atoms with Gasteiger partial charge in [-0.25, -0.2) is 0 Å². The van der Waals surface area contributed by atoms with Gasteiger partial charge in [-0.1, -0.05) is 23.4 Å². The second-order valence-corrected chi connectivity index (χ2v) is 2.65. The molecule has 0 amide bonds. The number of nitrogen functional groups attached to an aromatic ring is 1. The van der Waals surface area contributed by atoms with Crippen molar-refractivity contribution >= 4 is 17.3 Å². The Morgan fingerprint density at radius 2 is 2.17 bits per heavy atom. The van der Waals surface area contributed by atoms with Crippen LogP contribution in [0.2, 0.25) is 5.02 Å². The van der Waals surface area contributed by atoms with Crippen molar-refractivity contribution in [1.29, 1.82) is 0 Å². The van der Waals surface area contributed by atoms with Crippen molar-refractivity contribution in [2.75, 3.05) is 12.3 Å². The molecule has 0 heterocycles. The third-order valence-corrected chi connectivity index (χ3v) is 1.63. The molecule has 0 saturated carbocycles. The van der Waals surface area contributed by atoms with Crippen LogP contribution in [0, 0.1) is 11.8 Å². The zero-order valence-corrected chi connectivity index (χ0v) is 7.23. The lowest BCUT2D eigenvalue weighted by Crippen LogP contribution is -1.93. The quantitative estimate of drug-likeness (QED) is 0.466. The highest BCUT2D eigenvalue weighted by molar-refractivity contribution is 6.32. The normalized spacial score (nSPS) is 8.83. The van der Waals surface area contributed by atoms with Crippen molar-refractivity contribution in [1.82, 2.24) is 0 Å². The maximum Gasteiger partial charge on any atom is 0.0582 e. The largest absolute Gasteiger partial charge is 0.399 e. The molecule has 0 bridgehead atoms. The Hall–Kier alpha value is -1.17. The summed E-state index contributed by atoms with van der Waals surface area (Å²) in [7, 11) is 0. The number of hydrogen-bond acceptors (Lipinski definition) is 2. The summed E-state index contributed by atoms with van der Waals surface area (Å²) in [5.41, 5.74) is 12.1. The highest BCUT2D eigenvalue weighted by atomic mass is 35.5. The first-order valence-electron chi connectivity index (χ1n) is 3.48. The minimum atomic E-state index is 0.334. The van der Waals surface area contributed by atoms with Crippen LogP contribution in [0.15, 0.2) is 18.2 Å². The molecule has 0 aliphatic carbocycles. The van der Waals surface area contributed by atoms with E-state index in [2.05, 4.69) is 11.8 Å². The average Bonchev–Trinajstić information content (AvgIpc) is 2.03. The Kier molecular flexibility index (Phi) is 2.98. The highest BCUT2D eigenvalue weighted by Crippen LogP contribution is 2.17. The van der Waals surface area contributed by atoms with Crippen molar-refractivity contribution in [3.63, 3.8) is 0 Å². The first-order chi connectivity index (χ1) is 5.74. The Balaban J connectivity index is 3.01. The first-order valence-corrected chi connectivity index (χ1v) is 3.86. The zero-order chi connectivity index (χ0) is 8.97. The van der Waals surface area contributed by atoms with Gasteiger partial charge < -0.3 is 11.5 Å². The van der Waals surface area contributed by atoms with Crippen LogP contribution in [0.3, 0.4) is 0 Å². The predicted molar refractivity (Wildman–Crippen MR) is 51.8 cm³/mol. The van der Waals surface area contributed by atoms with Crippen LogP contribution in [0.1, 0.15) is 5.56 Å². The van der Waals surface area contributed by atoms with Gasteiger partial charge in [0.05, 0.1) is 11.6 Å². The number of halogens is 1. The molecule has 2 nitrogen and oxygen atoms in total. The summed E-state index contributed by atoms with van der Waals surface area (Å²) in [6.07, 6.45) is 0. The van der Waals surface area contributed by atoms with Gasteiger partial charge >= 0.3 is 0 Å². The molecule has 0 atom stereocenters. The van der Waals surface area contributed by atoms with Crippen LogP contribution in [0.4, 0.5) is 5.69 Å². The van der Waals surface area contributed by atoms with E-state index in [4.69, 9.17) is 23.1 Å². The van der Waals surface area contributed by atoms with Gasteiger partial charge in [0, 0.05) is 11.3 Å². The van der Waals surface area contributed by atoms with Gasteiger partial charge in [-0.05, 0) is 18.2 Å². The number of rotatable bonds is 0. The summed E-state index contributed by atoms with van der Waals surface area (Å²) in [5.74, 6) is 5.55. The van der Waals surface area contributed by atoms with E-state index in [1.54, 1.807) is 18.2 Å². The number of benzene rings is 1. The van der Waals surface area contributed by atoms with Crippen molar-refractivity contribution in [2.45, 2.75) is 0 Å². The van der Waals surface area contributed by atoms with Crippen LogP contribution in [0.5, 0.6) is 0 Å². The molecule has 4 N–H and O–H groups in total. The van der Waals surface area contributed by atoms with Gasteiger partial charge in [-0.2, -0.15) is 0 Å². The minimum Gasteiger partial charge on any atom is -0.399 e. The molecule has 0 fully saturated rings. The monoisotopic (exact) mass is 180 g/mol. The molecule has 1 rings (SSSR count). The van der Waals surface area contributed by atoms with Gasteiger partial charge in [0.25, 0.3) is 0 Å². The van der Waals surface area contributed by atoms with Crippen LogP contribution in [0.25, 0.3) is 0 Å². The van der Waals surface area contributed by atoms with Gasteiger partial charge in [0.2, 0.25) is 0 Å². The second-order valence-electron chi connectivity index (χ2n) is 2.25. The standard InChI is InChI=1S/C9H9ClN2/c10-9-6-8(12)4-3-7(9)2-1-5-11/h3-4,6H,5,11-12H2. The van der Waals surface area contributed by atoms with Crippen molar-refractivity contribution in [3.8, 4) is 11.8 Å². The maximum atomic E-state index is 5.84. The number of anilines is 1. The fraction of sp³-hybridized carbons (Fsp3) is 0.111. The molecule has 0 spiro atoms. The van der Waals surface area contributed by atoms with Crippen LogP contribution < -0.4 is 11.5 Å². The van der Waals surface area contributed by atoms with Gasteiger partial charge in [-0.15, -0.1) is 0 Å². The molecule has 3 heteroatoms. The lowest BCUT2D eigenvalue weighted by atomic mass is 10.2. The van der Waals surface area contributed by atoms with Crippen molar-refractivity contribution in [3.05, 3.63) is 28.8 Å². The van der Waals surface area contributed by atoms with E-state index >= 15 is 0 Å². The molecule has 1 aromatic carbocycles. The molecule has 0 aliphatic rings. The van der Waals surface area contributed by atoms with Gasteiger partial charge in [-0.3, -0.25) is 0 Å². The number of nitrogens with two attached hydrogens (primary N) is 2. The van der Waals surface area contributed by atoms with E-state index in [0.717, 1.165) is 5.56 Å². The van der Waals surface area contributed by atoms with Crippen LogP contribution in [-0.2, 0) is 0 Å². The highest BCUT2D eigenvalue weighted by Gasteiger charge is 1.95. The lowest BCUT2D eigenvalue weighted by molar-refractivity contribution is 1.30. The van der Waals surface area contributed by atoms with E-state index in [1.165, 1.54) is 0 Å². The number of hydrogen-bond donors (Lipinski definition) is 2. The topological polar surface area (TPSA) is 52.0 Å². The second kappa shape index (κ2) is 4.01. The average molecular weight is 181 g/mol. The molecule has 0 unspecified atom stereocenters. The van der Waals surface area contributed by atoms with Gasteiger partial charge in [0.15, 0.2) is 0 Å². The van der Waals surface area contributed by atoms with Crippen LogP contribution in [-0.4, -0.2) is 6.54 Å². The van der Waals surface area contributed by atoms with E-state index in [0.29, 0.717) is 17.3 Å². The fourth-order valence-electron chi connectivity index (χ4n) is 0.779. The molecule has 0 aliphatic heterocycles. The molecular formula is C9H9ClN2. The summed E-state index contributed by atoms with van der Waals surface area (Å²) in [5, 5.41) is 0.566. The third-order valence-electron chi connectivity index (χ3n) is 1.32. The van der Waals surface area contributed by atoms with E-state index in [-0.39, 0.29) is 0 Å². The van der Waals surface area contributed by atoms with E-state index in [9.17, 15) is 0 Å². The maximum absolute atomic E-state index is 5.84. The SMILES string of the molecule is NCC#Cc1ccc(N)cc1Cl. The summed E-state index contributed by atoms with van der Waals surface area (Å²) in [6.45, 7) is 0.334. The summed E-state index contributed by atoms with van der Waals surface area (Å²) in [6, 6.07) is 5.20. The van der Waals surface area contributed by atoms with Crippen LogP contribution >= 0.6 is 11.6 Å². The Labute approximate surface area is 76.5 Å². The summed E-state index contributed by atoms with van der Waals surface area (Å²) < 4.78 is 0. The molecule has 62 valence electrons. The molecule has 0 radical (unpaired) electrons. The Morgan fingerprint density at radius 3 is 2.75 bits per heavy atom. The lowest BCUT2D eigenvalue weighted by Gasteiger charge is -1.96. The Morgan fingerprint density at radius 1 is 1.42 bits per heavy atom. The van der Waals surface area contributed by atoms with Crippen molar-refractivity contribution in [2.24, 2.45) is 5.73 Å². The molecule has 0 saturated heterocycles. The third kappa shape index (κ3) is 2.16. The molecular weight excluding hydrogens is 172 g/mol.